The van der Waals surface area contributed by atoms with Crippen molar-refractivity contribution in [3.05, 3.63) is 66.0 Å². The highest BCUT2D eigenvalue weighted by Gasteiger charge is 2.11. The first-order chi connectivity index (χ1) is 10.3. The summed E-state index contributed by atoms with van der Waals surface area (Å²) in [5, 5.41) is 3.62. The molecule has 1 unspecified atom stereocenters. The van der Waals surface area contributed by atoms with Crippen LogP contribution < -0.4 is 5.32 Å². The van der Waals surface area contributed by atoms with Crippen LogP contribution in [-0.2, 0) is 13.6 Å². The average molecular weight is 279 g/mol. The molecule has 0 aliphatic carbocycles. The first-order valence-corrected chi connectivity index (χ1v) is 7.48. The maximum Gasteiger partial charge on any atom is 0.123 e. The lowest BCUT2D eigenvalue weighted by molar-refractivity contribution is 0.503. The quantitative estimate of drug-likeness (QED) is 0.769. The number of para-hydroxylation sites is 2. The van der Waals surface area contributed by atoms with Gasteiger partial charge in [0.2, 0.25) is 0 Å². The first-order valence-electron chi connectivity index (χ1n) is 7.48. The Kier molecular flexibility index (Phi) is 4.02. The van der Waals surface area contributed by atoms with E-state index in [9.17, 15) is 0 Å². The smallest absolute Gasteiger partial charge is 0.123 e. The molecule has 0 bridgehead atoms. The van der Waals surface area contributed by atoms with Crippen LogP contribution in [0, 0.1) is 0 Å². The minimum atomic E-state index is 0.367. The SMILES string of the molecule is CCC(NCc1nc2ccccc2n1C)c1ccccc1. The largest absolute Gasteiger partial charge is 0.330 e. The standard InChI is InChI=1S/C18H21N3/c1-3-15(14-9-5-4-6-10-14)19-13-18-20-16-11-7-8-12-17(16)21(18)2/h4-12,15,19H,3,13H2,1-2H3. The van der Waals surface area contributed by atoms with E-state index >= 15 is 0 Å². The number of aryl methyl sites for hydroxylation is 1. The maximum absolute atomic E-state index is 4.71. The minimum absolute atomic E-state index is 0.367. The summed E-state index contributed by atoms with van der Waals surface area (Å²) in [6, 6.07) is 19.2. The molecular weight excluding hydrogens is 258 g/mol. The zero-order chi connectivity index (χ0) is 14.7. The molecule has 3 heteroatoms. The van der Waals surface area contributed by atoms with E-state index in [2.05, 4.69) is 72.4 Å². The fourth-order valence-electron chi connectivity index (χ4n) is 2.75. The van der Waals surface area contributed by atoms with E-state index in [1.807, 2.05) is 6.07 Å². The van der Waals surface area contributed by atoms with Crippen molar-refractivity contribution in [2.24, 2.45) is 7.05 Å². The van der Waals surface area contributed by atoms with Gasteiger partial charge in [0.25, 0.3) is 0 Å². The topological polar surface area (TPSA) is 29.9 Å². The molecule has 1 heterocycles. The molecule has 1 N–H and O–H groups in total. The van der Waals surface area contributed by atoms with Crippen LogP contribution >= 0.6 is 0 Å². The summed E-state index contributed by atoms with van der Waals surface area (Å²) in [5.41, 5.74) is 3.57. The number of aromatic nitrogens is 2. The van der Waals surface area contributed by atoms with Crippen LogP contribution in [0.5, 0.6) is 0 Å². The summed E-state index contributed by atoms with van der Waals surface area (Å²) >= 11 is 0. The molecule has 0 aliphatic rings. The van der Waals surface area contributed by atoms with Gasteiger partial charge in [-0.3, -0.25) is 0 Å². The molecule has 0 amide bonds. The van der Waals surface area contributed by atoms with Gasteiger partial charge in [-0.25, -0.2) is 4.98 Å². The van der Waals surface area contributed by atoms with E-state index < -0.39 is 0 Å². The molecule has 3 nitrogen and oxygen atoms in total. The van der Waals surface area contributed by atoms with Crippen molar-refractivity contribution in [2.75, 3.05) is 0 Å². The predicted octanol–water partition coefficient (Wildman–Crippen LogP) is 3.81. The summed E-state index contributed by atoms with van der Waals surface area (Å²) in [4.78, 5) is 4.71. The van der Waals surface area contributed by atoms with Crippen molar-refractivity contribution in [1.29, 1.82) is 0 Å². The second-order valence-corrected chi connectivity index (χ2v) is 5.33. The van der Waals surface area contributed by atoms with Gasteiger partial charge in [0.1, 0.15) is 5.82 Å². The number of benzene rings is 2. The van der Waals surface area contributed by atoms with Crippen LogP contribution in [0.1, 0.15) is 30.8 Å². The van der Waals surface area contributed by atoms with Crippen molar-refractivity contribution in [2.45, 2.75) is 25.9 Å². The number of hydrogen-bond acceptors (Lipinski definition) is 2. The van der Waals surface area contributed by atoms with Crippen molar-refractivity contribution >= 4 is 11.0 Å². The van der Waals surface area contributed by atoms with E-state index in [1.54, 1.807) is 0 Å². The lowest BCUT2D eigenvalue weighted by Crippen LogP contribution is -2.22. The van der Waals surface area contributed by atoms with Crippen LogP contribution in [0.15, 0.2) is 54.6 Å². The normalized spacial score (nSPS) is 12.7. The van der Waals surface area contributed by atoms with E-state index in [0.29, 0.717) is 6.04 Å². The highest BCUT2D eigenvalue weighted by atomic mass is 15.1. The van der Waals surface area contributed by atoms with Crippen LogP contribution in [-0.4, -0.2) is 9.55 Å². The summed E-state index contributed by atoms with van der Waals surface area (Å²) in [6.07, 6.45) is 1.06. The molecule has 0 aliphatic heterocycles. The summed E-state index contributed by atoms with van der Waals surface area (Å²) in [7, 11) is 2.08. The molecule has 2 aromatic carbocycles. The Morgan fingerprint density at radius 2 is 1.76 bits per heavy atom. The van der Waals surface area contributed by atoms with Crippen molar-refractivity contribution in [3.63, 3.8) is 0 Å². The van der Waals surface area contributed by atoms with Gasteiger partial charge in [0, 0.05) is 13.1 Å². The Morgan fingerprint density at radius 1 is 1.05 bits per heavy atom. The van der Waals surface area contributed by atoms with E-state index in [4.69, 9.17) is 4.98 Å². The van der Waals surface area contributed by atoms with Gasteiger partial charge in [-0.15, -0.1) is 0 Å². The molecule has 21 heavy (non-hydrogen) atoms. The lowest BCUT2D eigenvalue weighted by Gasteiger charge is -2.17. The number of rotatable bonds is 5. The lowest BCUT2D eigenvalue weighted by atomic mass is 10.0. The molecule has 108 valence electrons. The molecule has 0 saturated heterocycles. The molecule has 1 atom stereocenters. The number of imidazole rings is 1. The van der Waals surface area contributed by atoms with Gasteiger partial charge in [-0.05, 0) is 24.1 Å². The fourth-order valence-corrected chi connectivity index (χ4v) is 2.75. The van der Waals surface area contributed by atoms with Gasteiger partial charge in [0.05, 0.1) is 17.6 Å². The molecule has 0 saturated carbocycles. The number of nitrogens with zero attached hydrogens (tertiary/aromatic N) is 2. The predicted molar refractivity (Wildman–Crippen MR) is 87.0 cm³/mol. The zero-order valence-corrected chi connectivity index (χ0v) is 12.6. The van der Waals surface area contributed by atoms with Crippen molar-refractivity contribution < 1.29 is 0 Å². The summed E-state index contributed by atoms with van der Waals surface area (Å²) < 4.78 is 2.17. The Labute approximate surface area is 125 Å². The van der Waals surface area contributed by atoms with Gasteiger partial charge < -0.3 is 9.88 Å². The van der Waals surface area contributed by atoms with E-state index in [1.165, 1.54) is 11.1 Å². The Morgan fingerprint density at radius 3 is 2.48 bits per heavy atom. The fraction of sp³-hybridized carbons (Fsp3) is 0.278. The summed E-state index contributed by atoms with van der Waals surface area (Å²) in [5.74, 6) is 1.07. The average Bonchev–Trinajstić information content (AvgIpc) is 2.86. The van der Waals surface area contributed by atoms with E-state index in [0.717, 1.165) is 24.3 Å². The Bertz CT molecular complexity index is 716. The third kappa shape index (κ3) is 2.83. The zero-order valence-electron chi connectivity index (χ0n) is 12.6. The second kappa shape index (κ2) is 6.10. The molecule has 3 rings (SSSR count). The van der Waals surface area contributed by atoms with Gasteiger partial charge in [-0.1, -0.05) is 49.4 Å². The molecule has 1 aromatic heterocycles. The number of fused-ring (bicyclic) bond motifs is 1. The molecule has 0 spiro atoms. The van der Waals surface area contributed by atoms with Crippen LogP contribution in [0.25, 0.3) is 11.0 Å². The Hall–Kier alpha value is -2.13. The van der Waals surface area contributed by atoms with Crippen molar-refractivity contribution in [3.8, 4) is 0 Å². The molecule has 0 radical (unpaired) electrons. The highest BCUT2D eigenvalue weighted by Crippen LogP contribution is 2.18. The summed E-state index contributed by atoms with van der Waals surface area (Å²) in [6.45, 7) is 2.98. The van der Waals surface area contributed by atoms with Crippen LogP contribution in [0.4, 0.5) is 0 Å². The molecule has 3 aromatic rings. The number of nitrogens with one attached hydrogen (secondary N) is 1. The minimum Gasteiger partial charge on any atom is -0.330 e. The highest BCUT2D eigenvalue weighted by molar-refractivity contribution is 5.75. The van der Waals surface area contributed by atoms with Crippen LogP contribution in [0.3, 0.4) is 0 Å². The number of hydrogen-bond donors (Lipinski definition) is 1. The third-order valence-corrected chi connectivity index (χ3v) is 4.00. The van der Waals surface area contributed by atoms with Gasteiger partial charge in [-0.2, -0.15) is 0 Å². The van der Waals surface area contributed by atoms with Crippen molar-refractivity contribution in [1.82, 2.24) is 14.9 Å². The van der Waals surface area contributed by atoms with E-state index in [-0.39, 0.29) is 0 Å². The molecular formula is C18H21N3. The van der Waals surface area contributed by atoms with Crippen LogP contribution in [0.2, 0.25) is 0 Å². The second-order valence-electron chi connectivity index (χ2n) is 5.33. The third-order valence-electron chi connectivity index (χ3n) is 4.00. The Balaban J connectivity index is 1.78. The van der Waals surface area contributed by atoms with Gasteiger partial charge >= 0.3 is 0 Å². The maximum atomic E-state index is 4.71. The molecule has 0 fully saturated rings. The van der Waals surface area contributed by atoms with Gasteiger partial charge in [0.15, 0.2) is 0 Å². The first kappa shape index (κ1) is 13.8. The monoisotopic (exact) mass is 279 g/mol.